The molecule has 0 unspecified atom stereocenters. The number of halogens is 1. The maximum absolute atomic E-state index is 5.84. The summed E-state index contributed by atoms with van der Waals surface area (Å²) in [5.74, 6) is 0. The van der Waals surface area contributed by atoms with E-state index in [9.17, 15) is 0 Å². The zero-order valence-electron chi connectivity index (χ0n) is 8.00. The number of rotatable bonds is 1. The Labute approximate surface area is 89.9 Å². The topological polar surface area (TPSA) is 0 Å². The van der Waals surface area contributed by atoms with E-state index in [0.717, 1.165) is 5.02 Å². The molecule has 0 N–H and O–H groups in total. The first-order valence-electron chi connectivity index (χ1n) is 4.59. The largest absolute Gasteiger partial charge is 0.140 e. The van der Waals surface area contributed by atoms with Crippen LogP contribution in [-0.2, 0) is 0 Å². The summed E-state index contributed by atoms with van der Waals surface area (Å²) in [5, 5.41) is 0.780. The minimum Gasteiger partial charge on any atom is -0.0843 e. The Kier molecular flexibility index (Phi) is 2.60. The van der Waals surface area contributed by atoms with Gasteiger partial charge in [0.1, 0.15) is 7.85 Å². The Bertz CT molecular complexity index is 434. The van der Waals surface area contributed by atoms with Gasteiger partial charge >= 0.3 is 0 Å². The van der Waals surface area contributed by atoms with Gasteiger partial charge in [-0.05, 0) is 23.3 Å². The van der Waals surface area contributed by atoms with Crippen LogP contribution in [0.1, 0.15) is 0 Å². The van der Waals surface area contributed by atoms with Crippen molar-refractivity contribution >= 4 is 24.9 Å². The highest BCUT2D eigenvalue weighted by Crippen LogP contribution is 2.19. The lowest BCUT2D eigenvalue weighted by Gasteiger charge is -2.05. The summed E-state index contributed by atoms with van der Waals surface area (Å²) in [5.41, 5.74) is 3.77. The molecule has 0 heterocycles. The average Bonchev–Trinajstić information content (AvgIpc) is 2.20. The van der Waals surface area contributed by atoms with E-state index in [1.54, 1.807) is 0 Å². The van der Waals surface area contributed by atoms with Crippen molar-refractivity contribution in [3.05, 3.63) is 53.6 Å². The predicted octanol–water partition coefficient (Wildman–Crippen LogP) is 2.27. The lowest BCUT2D eigenvalue weighted by atomic mass is 9.87. The predicted molar refractivity (Wildman–Crippen MR) is 65.1 cm³/mol. The Morgan fingerprint density at radius 2 is 1.50 bits per heavy atom. The van der Waals surface area contributed by atoms with E-state index in [1.807, 2.05) is 24.3 Å². The van der Waals surface area contributed by atoms with Gasteiger partial charge in [-0.3, -0.25) is 0 Å². The van der Waals surface area contributed by atoms with Gasteiger partial charge in [0.25, 0.3) is 0 Å². The van der Waals surface area contributed by atoms with Gasteiger partial charge in [0.05, 0.1) is 0 Å². The second-order valence-corrected chi connectivity index (χ2v) is 3.76. The van der Waals surface area contributed by atoms with E-state index in [0.29, 0.717) is 0 Å². The van der Waals surface area contributed by atoms with Crippen LogP contribution >= 0.6 is 11.6 Å². The third-order valence-corrected chi connectivity index (χ3v) is 2.55. The normalized spacial score (nSPS) is 10.1. The van der Waals surface area contributed by atoms with Crippen LogP contribution in [0.5, 0.6) is 0 Å². The van der Waals surface area contributed by atoms with Gasteiger partial charge in [-0.2, -0.15) is 0 Å². The second kappa shape index (κ2) is 3.89. The van der Waals surface area contributed by atoms with Gasteiger partial charge in [0.15, 0.2) is 0 Å². The van der Waals surface area contributed by atoms with Crippen LogP contribution in [-0.4, -0.2) is 7.85 Å². The molecule has 2 rings (SSSR count). The molecule has 2 aromatic carbocycles. The van der Waals surface area contributed by atoms with Crippen molar-refractivity contribution < 1.29 is 0 Å². The quantitative estimate of drug-likeness (QED) is 0.620. The number of benzene rings is 2. The zero-order valence-corrected chi connectivity index (χ0v) is 8.75. The third-order valence-electron chi connectivity index (χ3n) is 2.30. The van der Waals surface area contributed by atoms with Crippen LogP contribution < -0.4 is 5.46 Å². The molecule has 0 bridgehead atoms. The molecule has 0 saturated heterocycles. The molecule has 14 heavy (non-hydrogen) atoms. The van der Waals surface area contributed by atoms with Crippen molar-refractivity contribution in [1.82, 2.24) is 0 Å². The molecule has 0 atom stereocenters. The molecule has 0 saturated carbocycles. The van der Waals surface area contributed by atoms with Gasteiger partial charge in [-0.15, -0.1) is 0 Å². The van der Waals surface area contributed by atoms with Crippen molar-refractivity contribution in [2.45, 2.75) is 0 Å². The van der Waals surface area contributed by atoms with Crippen LogP contribution in [0.25, 0.3) is 11.1 Å². The van der Waals surface area contributed by atoms with Gasteiger partial charge in [0.2, 0.25) is 0 Å². The Morgan fingerprint density at radius 1 is 0.857 bits per heavy atom. The summed E-state index contributed by atoms with van der Waals surface area (Å²) >= 11 is 5.84. The average molecular weight is 200 g/mol. The zero-order chi connectivity index (χ0) is 9.97. The lowest BCUT2D eigenvalue weighted by Crippen LogP contribution is -2.04. The number of hydrogen-bond donors (Lipinski definition) is 0. The van der Waals surface area contributed by atoms with Crippen LogP contribution in [0.15, 0.2) is 48.5 Å². The molecule has 0 spiro atoms. The van der Waals surface area contributed by atoms with E-state index in [-0.39, 0.29) is 0 Å². The second-order valence-electron chi connectivity index (χ2n) is 3.32. The first-order chi connectivity index (χ1) is 6.77. The van der Waals surface area contributed by atoms with Crippen molar-refractivity contribution in [1.29, 1.82) is 0 Å². The monoisotopic (exact) mass is 200 g/mol. The molecule has 2 aromatic rings. The Balaban J connectivity index is 2.50. The molecule has 0 aliphatic heterocycles. The van der Waals surface area contributed by atoms with Gasteiger partial charge < -0.3 is 0 Å². The molecule has 0 fully saturated rings. The van der Waals surface area contributed by atoms with Crippen LogP contribution in [0.2, 0.25) is 5.02 Å². The number of hydrogen-bond acceptors (Lipinski definition) is 0. The highest BCUT2D eigenvalue weighted by atomic mass is 35.5. The highest BCUT2D eigenvalue weighted by Gasteiger charge is 1.99. The van der Waals surface area contributed by atoms with E-state index < -0.39 is 0 Å². The molecular formula is C12H10BCl. The van der Waals surface area contributed by atoms with Gasteiger partial charge in [-0.25, -0.2) is 0 Å². The fourth-order valence-electron chi connectivity index (χ4n) is 1.53. The van der Waals surface area contributed by atoms with Crippen LogP contribution in [0, 0.1) is 0 Å². The van der Waals surface area contributed by atoms with E-state index in [1.165, 1.54) is 16.6 Å². The molecule has 0 aliphatic rings. The maximum Gasteiger partial charge on any atom is 0.140 e. The summed E-state index contributed by atoms with van der Waals surface area (Å²) < 4.78 is 0. The van der Waals surface area contributed by atoms with Crippen molar-refractivity contribution in [2.24, 2.45) is 0 Å². The molecule has 0 radical (unpaired) electrons. The summed E-state index contributed by atoms with van der Waals surface area (Å²) in [6.07, 6.45) is 0. The SMILES string of the molecule is Bc1ccccc1-c1ccc(Cl)cc1. The Hall–Kier alpha value is -1.21. The maximum atomic E-state index is 5.84. The van der Waals surface area contributed by atoms with Gasteiger partial charge in [-0.1, -0.05) is 53.5 Å². The molecule has 0 amide bonds. The smallest absolute Gasteiger partial charge is 0.0843 e. The molecule has 0 aliphatic carbocycles. The van der Waals surface area contributed by atoms with Crippen molar-refractivity contribution in [2.75, 3.05) is 0 Å². The fraction of sp³-hybridized carbons (Fsp3) is 0. The first-order valence-corrected chi connectivity index (χ1v) is 4.97. The van der Waals surface area contributed by atoms with Crippen molar-refractivity contribution in [3.63, 3.8) is 0 Å². The van der Waals surface area contributed by atoms with E-state index in [2.05, 4.69) is 32.1 Å². The van der Waals surface area contributed by atoms with Crippen molar-refractivity contribution in [3.8, 4) is 11.1 Å². The van der Waals surface area contributed by atoms with Crippen LogP contribution in [0.4, 0.5) is 0 Å². The summed E-state index contributed by atoms with van der Waals surface area (Å²) in [6, 6.07) is 16.3. The van der Waals surface area contributed by atoms with Crippen LogP contribution in [0.3, 0.4) is 0 Å². The fourth-order valence-corrected chi connectivity index (χ4v) is 1.65. The van der Waals surface area contributed by atoms with E-state index >= 15 is 0 Å². The lowest BCUT2D eigenvalue weighted by molar-refractivity contribution is 1.65. The summed E-state index contributed by atoms with van der Waals surface area (Å²) in [7, 11) is 2.12. The minimum absolute atomic E-state index is 0.780. The van der Waals surface area contributed by atoms with Gasteiger partial charge in [0, 0.05) is 5.02 Å². The van der Waals surface area contributed by atoms with E-state index in [4.69, 9.17) is 11.6 Å². The highest BCUT2D eigenvalue weighted by molar-refractivity contribution is 6.36. The summed E-state index contributed by atoms with van der Waals surface area (Å²) in [6.45, 7) is 0. The molecule has 2 heteroatoms. The first kappa shape index (κ1) is 9.35. The standard InChI is InChI=1S/C12H10BCl/c13-12-4-2-1-3-11(12)9-5-7-10(14)8-6-9/h1-8H,13H2. The molecule has 0 nitrogen and oxygen atoms in total. The summed E-state index contributed by atoms with van der Waals surface area (Å²) in [4.78, 5) is 0. The Morgan fingerprint density at radius 3 is 2.14 bits per heavy atom. The molecule has 0 aromatic heterocycles. The molecule has 68 valence electrons. The minimum atomic E-state index is 0.780. The molecular weight excluding hydrogens is 190 g/mol. The third kappa shape index (κ3) is 1.83.